The van der Waals surface area contributed by atoms with Crippen LogP contribution >= 0.6 is 12.4 Å². The fourth-order valence-corrected chi connectivity index (χ4v) is 3.28. The van der Waals surface area contributed by atoms with E-state index in [0.29, 0.717) is 6.04 Å². The van der Waals surface area contributed by atoms with Crippen molar-refractivity contribution < 1.29 is 0 Å². The molecule has 1 aliphatic heterocycles. The monoisotopic (exact) mass is 354 g/mol. The molecule has 1 unspecified atom stereocenters. The van der Waals surface area contributed by atoms with Gasteiger partial charge in [0.05, 0.1) is 11.0 Å². The summed E-state index contributed by atoms with van der Waals surface area (Å²) in [5.41, 5.74) is 5.81. The van der Waals surface area contributed by atoms with E-state index in [2.05, 4.69) is 69.6 Å². The highest BCUT2D eigenvalue weighted by molar-refractivity contribution is 5.85. The van der Waals surface area contributed by atoms with Gasteiger partial charge in [-0.3, -0.25) is 9.97 Å². The number of rotatable bonds is 4. The molecule has 2 aromatic carbocycles. The van der Waals surface area contributed by atoms with Gasteiger partial charge in [-0.2, -0.15) is 0 Å². The zero-order valence-corrected chi connectivity index (χ0v) is 15.2. The quantitative estimate of drug-likeness (QED) is 0.775. The molecule has 1 fully saturated rings. The maximum absolute atomic E-state index is 4.41. The summed E-state index contributed by atoms with van der Waals surface area (Å²) in [5, 5.41) is 3.68. The Morgan fingerprint density at radius 3 is 2.60 bits per heavy atom. The molecule has 4 rings (SSSR count). The molecule has 4 nitrogen and oxygen atoms in total. The van der Waals surface area contributed by atoms with Crippen LogP contribution in [0.2, 0.25) is 0 Å². The van der Waals surface area contributed by atoms with E-state index in [9.17, 15) is 0 Å². The van der Waals surface area contributed by atoms with Gasteiger partial charge in [0, 0.05) is 43.8 Å². The van der Waals surface area contributed by atoms with E-state index in [-0.39, 0.29) is 12.4 Å². The van der Waals surface area contributed by atoms with E-state index < -0.39 is 0 Å². The van der Waals surface area contributed by atoms with Gasteiger partial charge in [0.25, 0.3) is 0 Å². The topological polar surface area (TPSA) is 41.0 Å². The molecular formula is C20H23ClN4. The van der Waals surface area contributed by atoms with Gasteiger partial charge in [-0.25, -0.2) is 0 Å². The highest BCUT2D eigenvalue weighted by Gasteiger charge is 2.22. The first-order chi connectivity index (χ1) is 11.8. The molecule has 5 heteroatoms. The Morgan fingerprint density at radius 2 is 1.80 bits per heavy atom. The summed E-state index contributed by atoms with van der Waals surface area (Å²) in [6, 6.07) is 15.6. The third-order valence-corrected chi connectivity index (χ3v) is 4.72. The Labute approximate surface area is 154 Å². The number of aryl methyl sites for hydroxylation is 1. The smallest absolute Gasteiger partial charge is 0.0907 e. The third kappa shape index (κ3) is 4.09. The molecule has 2 heterocycles. The maximum atomic E-state index is 4.41. The molecule has 1 N–H and O–H groups in total. The number of anilines is 1. The van der Waals surface area contributed by atoms with Crippen LogP contribution in [-0.4, -0.2) is 29.1 Å². The minimum absolute atomic E-state index is 0. The Kier molecular flexibility index (Phi) is 5.51. The third-order valence-electron chi connectivity index (χ3n) is 4.72. The van der Waals surface area contributed by atoms with Gasteiger partial charge in [-0.1, -0.05) is 29.8 Å². The first-order valence-corrected chi connectivity index (χ1v) is 8.52. The molecule has 0 bridgehead atoms. The van der Waals surface area contributed by atoms with Crippen molar-refractivity contribution in [2.45, 2.75) is 25.9 Å². The second kappa shape index (κ2) is 7.81. The molecule has 130 valence electrons. The summed E-state index contributed by atoms with van der Waals surface area (Å²) in [7, 11) is 0. The van der Waals surface area contributed by atoms with Gasteiger partial charge < -0.3 is 10.2 Å². The summed E-state index contributed by atoms with van der Waals surface area (Å²) in [4.78, 5) is 11.2. The molecule has 0 amide bonds. The van der Waals surface area contributed by atoms with Crippen LogP contribution in [0.5, 0.6) is 0 Å². The van der Waals surface area contributed by atoms with Crippen molar-refractivity contribution in [3.05, 3.63) is 66.0 Å². The van der Waals surface area contributed by atoms with Crippen LogP contribution in [0.25, 0.3) is 11.0 Å². The zero-order valence-electron chi connectivity index (χ0n) is 14.4. The molecule has 0 saturated carbocycles. The number of benzene rings is 2. The Balaban J connectivity index is 0.00000182. The van der Waals surface area contributed by atoms with Gasteiger partial charge in [0.1, 0.15) is 0 Å². The number of halogens is 1. The molecule has 0 radical (unpaired) electrons. The summed E-state index contributed by atoms with van der Waals surface area (Å²) in [6.45, 7) is 5.18. The van der Waals surface area contributed by atoms with E-state index >= 15 is 0 Å². The maximum Gasteiger partial charge on any atom is 0.0907 e. The normalized spacial score (nSPS) is 16.8. The summed E-state index contributed by atoms with van der Waals surface area (Å²) < 4.78 is 0. The highest BCUT2D eigenvalue weighted by Crippen LogP contribution is 2.23. The van der Waals surface area contributed by atoms with Crippen LogP contribution in [0.4, 0.5) is 5.69 Å². The zero-order chi connectivity index (χ0) is 16.4. The number of nitrogens with zero attached hydrogens (tertiary/aromatic N) is 3. The van der Waals surface area contributed by atoms with Crippen molar-refractivity contribution in [3.63, 3.8) is 0 Å². The Bertz CT molecular complexity index is 834. The van der Waals surface area contributed by atoms with Crippen molar-refractivity contribution in [1.82, 2.24) is 15.3 Å². The van der Waals surface area contributed by atoms with Gasteiger partial charge >= 0.3 is 0 Å². The lowest BCUT2D eigenvalue weighted by Crippen LogP contribution is -2.32. The largest absolute Gasteiger partial charge is 0.370 e. The van der Waals surface area contributed by atoms with Crippen molar-refractivity contribution in [2.24, 2.45) is 0 Å². The summed E-state index contributed by atoms with van der Waals surface area (Å²) >= 11 is 0. The Hall–Kier alpha value is -2.17. The molecular weight excluding hydrogens is 332 g/mol. The standard InChI is InChI=1S/C20H22N4.ClH/c1-15-2-4-16(5-3-15)13-23-17-8-11-24(14-17)18-6-7-19-20(12-18)22-10-9-21-19;/h2-7,9-10,12,17,23H,8,11,13-14H2,1H3;1H. The predicted octanol–water partition coefficient (Wildman–Crippen LogP) is 3.73. The van der Waals surface area contributed by atoms with E-state index in [1.165, 1.54) is 23.2 Å². The molecule has 25 heavy (non-hydrogen) atoms. The summed E-state index contributed by atoms with van der Waals surface area (Å²) in [6.07, 6.45) is 4.66. The van der Waals surface area contributed by atoms with Crippen LogP contribution in [-0.2, 0) is 6.54 Å². The van der Waals surface area contributed by atoms with Crippen LogP contribution in [0, 0.1) is 6.92 Å². The molecule has 0 spiro atoms. The van der Waals surface area contributed by atoms with Crippen LogP contribution in [0.3, 0.4) is 0 Å². The molecule has 1 aliphatic rings. The molecule has 1 atom stereocenters. The van der Waals surface area contributed by atoms with E-state index in [0.717, 1.165) is 30.7 Å². The number of nitrogens with one attached hydrogen (secondary N) is 1. The fourth-order valence-electron chi connectivity index (χ4n) is 3.28. The van der Waals surface area contributed by atoms with Gasteiger partial charge in [0.15, 0.2) is 0 Å². The second-order valence-electron chi connectivity index (χ2n) is 6.53. The van der Waals surface area contributed by atoms with Gasteiger partial charge in [-0.05, 0) is 37.1 Å². The van der Waals surface area contributed by atoms with Crippen molar-refractivity contribution >= 4 is 29.1 Å². The second-order valence-corrected chi connectivity index (χ2v) is 6.53. The van der Waals surface area contributed by atoms with Crippen molar-refractivity contribution in [1.29, 1.82) is 0 Å². The van der Waals surface area contributed by atoms with Gasteiger partial charge in [-0.15, -0.1) is 12.4 Å². The van der Waals surface area contributed by atoms with Crippen LogP contribution < -0.4 is 10.2 Å². The predicted molar refractivity (Wildman–Crippen MR) is 105 cm³/mol. The highest BCUT2D eigenvalue weighted by atomic mass is 35.5. The summed E-state index contributed by atoms with van der Waals surface area (Å²) in [5.74, 6) is 0. The van der Waals surface area contributed by atoms with Crippen LogP contribution in [0.1, 0.15) is 17.5 Å². The number of fused-ring (bicyclic) bond motifs is 1. The Morgan fingerprint density at radius 1 is 1.04 bits per heavy atom. The first kappa shape index (κ1) is 17.6. The average Bonchev–Trinajstić information content (AvgIpc) is 3.10. The molecule has 3 aromatic rings. The van der Waals surface area contributed by atoms with E-state index in [4.69, 9.17) is 0 Å². The SMILES string of the molecule is Cc1ccc(CNC2CCN(c3ccc4nccnc4c3)C2)cc1.Cl. The minimum Gasteiger partial charge on any atom is -0.370 e. The number of aromatic nitrogens is 2. The molecule has 1 saturated heterocycles. The lowest BCUT2D eigenvalue weighted by atomic mass is 10.1. The van der Waals surface area contributed by atoms with Crippen molar-refractivity contribution in [2.75, 3.05) is 18.0 Å². The van der Waals surface area contributed by atoms with E-state index in [1.54, 1.807) is 12.4 Å². The number of hydrogen-bond donors (Lipinski definition) is 1. The van der Waals surface area contributed by atoms with Gasteiger partial charge in [0.2, 0.25) is 0 Å². The first-order valence-electron chi connectivity index (χ1n) is 8.52. The fraction of sp³-hybridized carbons (Fsp3) is 0.300. The van der Waals surface area contributed by atoms with Crippen molar-refractivity contribution in [3.8, 4) is 0 Å². The average molecular weight is 355 g/mol. The minimum atomic E-state index is 0. The van der Waals surface area contributed by atoms with E-state index in [1.807, 2.05) is 0 Å². The van der Waals surface area contributed by atoms with Crippen LogP contribution in [0.15, 0.2) is 54.9 Å². The molecule has 1 aromatic heterocycles. The molecule has 0 aliphatic carbocycles. The number of hydrogen-bond acceptors (Lipinski definition) is 4. The lowest BCUT2D eigenvalue weighted by molar-refractivity contribution is 0.551. The lowest BCUT2D eigenvalue weighted by Gasteiger charge is -2.19.